The minimum absolute atomic E-state index is 0.00593. The van der Waals surface area contributed by atoms with Gasteiger partial charge in [0.05, 0.1) is 35.1 Å². The molecular weight excluding hydrogens is 514 g/mol. The predicted molar refractivity (Wildman–Crippen MR) is 150 cm³/mol. The van der Waals surface area contributed by atoms with Crippen LogP contribution in [0.4, 0.5) is 0 Å². The van der Waals surface area contributed by atoms with Gasteiger partial charge in [0.2, 0.25) is 5.91 Å². The molecule has 4 heterocycles. The molecule has 214 valence electrons. The first kappa shape index (κ1) is 27.8. The number of nitrogens with zero attached hydrogens (tertiary/aromatic N) is 7. The van der Waals surface area contributed by atoms with Crippen LogP contribution in [0.15, 0.2) is 40.2 Å². The Morgan fingerprint density at radius 3 is 2.60 bits per heavy atom. The molecule has 40 heavy (non-hydrogen) atoms. The van der Waals surface area contributed by atoms with Crippen LogP contribution in [0.3, 0.4) is 0 Å². The number of likely N-dealkylation sites (tertiary alicyclic amines) is 1. The summed E-state index contributed by atoms with van der Waals surface area (Å²) < 4.78 is 5.98. The minimum atomic E-state index is -1.45. The number of carbonyl (C=O) groups is 1. The molecule has 0 spiro atoms. The number of hydrogen-bond donors (Lipinski definition) is 2. The second-order valence-electron chi connectivity index (χ2n) is 11.4. The molecule has 0 saturated carbocycles. The van der Waals surface area contributed by atoms with E-state index in [0.29, 0.717) is 13.0 Å². The second-order valence-corrected chi connectivity index (χ2v) is 11.4. The van der Waals surface area contributed by atoms with E-state index in [0.717, 1.165) is 21.4 Å². The summed E-state index contributed by atoms with van der Waals surface area (Å²) in [5.74, 6) is 1.05. The summed E-state index contributed by atoms with van der Waals surface area (Å²) in [5, 5.41) is 22.2. The fourth-order valence-electron chi connectivity index (χ4n) is 5.92. The molecule has 0 unspecified atom stereocenters. The van der Waals surface area contributed by atoms with Crippen molar-refractivity contribution >= 4 is 28.1 Å². The van der Waals surface area contributed by atoms with E-state index in [4.69, 9.17) is 4.98 Å². The monoisotopic (exact) mass is 551 g/mol. The zero-order chi connectivity index (χ0) is 28.9. The van der Waals surface area contributed by atoms with Gasteiger partial charge < -0.3 is 24.2 Å². The third-order valence-electron chi connectivity index (χ3n) is 8.03. The highest BCUT2D eigenvalue weighted by atomic mass is 16.3. The van der Waals surface area contributed by atoms with Gasteiger partial charge in [0.15, 0.2) is 11.2 Å². The zero-order valence-electron chi connectivity index (χ0n) is 23.6. The van der Waals surface area contributed by atoms with Crippen molar-refractivity contribution in [1.82, 2.24) is 33.1 Å². The van der Waals surface area contributed by atoms with Crippen LogP contribution in [0.1, 0.15) is 57.8 Å². The molecule has 1 aromatic carbocycles. The van der Waals surface area contributed by atoms with Gasteiger partial charge in [-0.25, -0.2) is 14.8 Å². The van der Waals surface area contributed by atoms with Crippen molar-refractivity contribution in [3.63, 3.8) is 0 Å². The van der Waals surface area contributed by atoms with Crippen molar-refractivity contribution in [2.45, 2.75) is 70.2 Å². The highest BCUT2D eigenvalue weighted by Crippen LogP contribution is 2.33. The lowest BCUT2D eigenvalue weighted by Crippen LogP contribution is -2.44. The van der Waals surface area contributed by atoms with E-state index in [1.807, 2.05) is 24.3 Å². The van der Waals surface area contributed by atoms with Crippen LogP contribution in [0.5, 0.6) is 0 Å². The van der Waals surface area contributed by atoms with Crippen LogP contribution in [-0.4, -0.2) is 74.1 Å². The Morgan fingerprint density at radius 1 is 1.15 bits per heavy atom. The molecule has 0 radical (unpaired) electrons. The number of carbonyl (C=O) groups excluding carboxylic acids is 1. The SMILES string of the molecule is CC(C)c1nc2ccccc2n1CCCC(=O)N1C[C@@H](O)C[C@@](C)(O)[C@H](n2cnc3c2c(=O)n(C)c(=O)n3C)C1. The Kier molecular flexibility index (Phi) is 7.17. The fraction of sp³-hybridized carbons (Fsp3) is 0.536. The van der Waals surface area contributed by atoms with Crippen LogP contribution in [0, 0.1) is 0 Å². The van der Waals surface area contributed by atoms with E-state index < -0.39 is 29.0 Å². The highest BCUT2D eigenvalue weighted by Gasteiger charge is 2.42. The van der Waals surface area contributed by atoms with Crippen molar-refractivity contribution in [2.24, 2.45) is 14.1 Å². The number of aliphatic hydroxyl groups is 2. The van der Waals surface area contributed by atoms with Crippen molar-refractivity contribution in [2.75, 3.05) is 13.1 Å². The second kappa shape index (κ2) is 10.3. The normalized spacial score (nSPS) is 21.9. The summed E-state index contributed by atoms with van der Waals surface area (Å²) in [4.78, 5) is 49.6. The highest BCUT2D eigenvalue weighted by molar-refractivity contribution is 5.77. The lowest BCUT2D eigenvalue weighted by molar-refractivity contribution is -0.133. The minimum Gasteiger partial charge on any atom is -0.391 e. The Hall–Kier alpha value is -3.77. The predicted octanol–water partition coefficient (Wildman–Crippen LogP) is 1.27. The van der Waals surface area contributed by atoms with E-state index in [1.54, 1.807) is 16.4 Å². The number of hydrogen-bond acceptors (Lipinski definition) is 7. The molecule has 0 aliphatic carbocycles. The van der Waals surface area contributed by atoms with Crippen LogP contribution in [0.25, 0.3) is 22.2 Å². The number of aliphatic hydroxyl groups excluding tert-OH is 1. The molecule has 1 saturated heterocycles. The quantitative estimate of drug-likeness (QED) is 0.368. The number of aryl methyl sites for hydroxylation is 2. The molecule has 0 bridgehead atoms. The number of β-amino-alcohol motifs (C(OH)–C–C–N with tert-alkyl or cyclic N) is 1. The molecule has 1 aliphatic rings. The third-order valence-corrected chi connectivity index (χ3v) is 8.03. The van der Waals surface area contributed by atoms with Crippen molar-refractivity contribution < 1.29 is 15.0 Å². The maximum atomic E-state index is 13.5. The van der Waals surface area contributed by atoms with Crippen molar-refractivity contribution in [3.05, 3.63) is 57.3 Å². The van der Waals surface area contributed by atoms with Crippen molar-refractivity contribution in [1.29, 1.82) is 0 Å². The number of aromatic nitrogens is 6. The molecule has 5 rings (SSSR count). The van der Waals surface area contributed by atoms with Gasteiger partial charge in [0.1, 0.15) is 5.82 Å². The third kappa shape index (κ3) is 4.75. The first-order chi connectivity index (χ1) is 18.9. The van der Waals surface area contributed by atoms with Gasteiger partial charge in [-0.05, 0) is 25.5 Å². The van der Waals surface area contributed by atoms with Gasteiger partial charge in [0, 0.05) is 52.5 Å². The molecule has 12 nitrogen and oxygen atoms in total. The summed E-state index contributed by atoms with van der Waals surface area (Å²) in [7, 11) is 2.92. The Labute approximate surface area is 231 Å². The first-order valence-electron chi connectivity index (χ1n) is 13.7. The molecule has 1 fully saturated rings. The van der Waals surface area contributed by atoms with Crippen LogP contribution < -0.4 is 11.2 Å². The summed E-state index contributed by atoms with van der Waals surface area (Å²) in [6.45, 7) is 6.54. The fourth-order valence-corrected chi connectivity index (χ4v) is 5.92. The van der Waals surface area contributed by atoms with E-state index in [1.165, 1.54) is 25.0 Å². The number of amides is 1. The average Bonchev–Trinajstić information content (AvgIpc) is 3.47. The summed E-state index contributed by atoms with van der Waals surface area (Å²) in [6, 6.07) is 7.18. The van der Waals surface area contributed by atoms with Gasteiger partial charge in [-0.1, -0.05) is 26.0 Å². The average molecular weight is 552 g/mol. The van der Waals surface area contributed by atoms with Gasteiger partial charge in [-0.15, -0.1) is 0 Å². The lowest BCUT2D eigenvalue weighted by Gasteiger charge is -2.34. The van der Waals surface area contributed by atoms with Crippen LogP contribution in [0.2, 0.25) is 0 Å². The maximum Gasteiger partial charge on any atom is 0.332 e. The molecule has 2 N–H and O–H groups in total. The zero-order valence-corrected chi connectivity index (χ0v) is 23.6. The molecule has 1 amide bonds. The summed E-state index contributed by atoms with van der Waals surface area (Å²) in [6.07, 6.45) is 1.29. The first-order valence-corrected chi connectivity index (χ1v) is 13.7. The smallest absolute Gasteiger partial charge is 0.332 e. The van der Waals surface area contributed by atoms with Crippen LogP contribution >= 0.6 is 0 Å². The van der Waals surface area contributed by atoms with E-state index in [9.17, 15) is 24.6 Å². The van der Waals surface area contributed by atoms with E-state index >= 15 is 0 Å². The number of para-hydroxylation sites is 2. The Bertz CT molecular complexity index is 1690. The van der Waals surface area contributed by atoms with Crippen LogP contribution in [-0.2, 0) is 25.4 Å². The summed E-state index contributed by atoms with van der Waals surface area (Å²) >= 11 is 0. The number of imidazole rings is 2. The topological polar surface area (TPSA) is 140 Å². The standard InChI is InChI=1S/C28H37N7O5/c1-17(2)24-30-19-9-6-7-10-20(19)34(24)12-8-11-22(37)33-14-18(36)13-28(3,40)21(15-33)35-16-29-25-23(35)26(38)32(5)27(39)31(25)4/h6-7,9-10,16-18,21,36,40H,8,11-15H2,1-5H3/t18-,21+,28+/m0/s1. The molecule has 12 heteroatoms. The molecule has 3 aromatic heterocycles. The van der Waals surface area contributed by atoms with Gasteiger partial charge in [0.25, 0.3) is 5.56 Å². The lowest BCUT2D eigenvalue weighted by atomic mass is 9.91. The van der Waals surface area contributed by atoms with Gasteiger partial charge in [-0.2, -0.15) is 0 Å². The number of fused-ring (bicyclic) bond motifs is 2. The van der Waals surface area contributed by atoms with Crippen molar-refractivity contribution in [3.8, 4) is 0 Å². The van der Waals surface area contributed by atoms with Gasteiger partial charge in [-0.3, -0.25) is 18.7 Å². The number of rotatable bonds is 6. The molecule has 3 atom stereocenters. The molecule has 4 aromatic rings. The van der Waals surface area contributed by atoms with Gasteiger partial charge >= 0.3 is 5.69 Å². The number of benzene rings is 1. The largest absolute Gasteiger partial charge is 0.391 e. The molecular formula is C28H37N7O5. The van der Waals surface area contributed by atoms with E-state index in [2.05, 4.69) is 23.4 Å². The Morgan fingerprint density at radius 2 is 1.88 bits per heavy atom. The maximum absolute atomic E-state index is 13.5. The van der Waals surface area contributed by atoms with E-state index in [-0.39, 0.29) is 48.9 Å². The Balaban J connectivity index is 1.41. The summed E-state index contributed by atoms with van der Waals surface area (Å²) in [5.41, 5.74) is -0.190. The molecule has 1 aliphatic heterocycles.